The molecular formula is C16H21BrN4. The van der Waals surface area contributed by atoms with E-state index in [1.807, 2.05) is 12.1 Å². The first-order valence-electron chi connectivity index (χ1n) is 7.50. The van der Waals surface area contributed by atoms with E-state index in [4.69, 9.17) is 5.73 Å². The van der Waals surface area contributed by atoms with E-state index in [1.54, 1.807) is 6.20 Å². The second kappa shape index (κ2) is 6.20. The molecule has 2 N–H and O–H groups in total. The smallest absolute Gasteiger partial charge is 0.0745 e. The largest absolute Gasteiger partial charge is 0.396 e. The molecule has 0 unspecified atom stereocenters. The quantitative estimate of drug-likeness (QED) is 0.925. The number of aromatic nitrogens is 1. The molecule has 2 aromatic rings. The van der Waals surface area contributed by atoms with Crippen molar-refractivity contribution in [1.29, 1.82) is 0 Å². The van der Waals surface area contributed by atoms with E-state index in [2.05, 4.69) is 43.7 Å². The zero-order valence-corrected chi connectivity index (χ0v) is 13.9. The highest BCUT2D eigenvalue weighted by Gasteiger charge is 2.20. The first-order valence-corrected chi connectivity index (χ1v) is 8.29. The number of hydrogen-bond acceptors (Lipinski definition) is 4. The van der Waals surface area contributed by atoms with Crippen molar-refractivity contribution in [1.82, 2.24) is 9.88 Å². The number of anilines is 2. The zero-order chi connectivity index (χ0) is 14.8. The number of halogens is 1. The number of nitrogens with zero attached hydrogens (tertiary/aromatic N) is 3. The maximum Gasteiger partial charge on any atom is 0.0745 e. The summed E-state index contributed by atoms with van der Waals surface area (Å²) in [5.41, 5.74) is 9.13. The molecule has 5 heteroatoms. The first-order chi connectivity index (χ1) is 10.2. The Kier molecular flexibility index (Phi) is 4.31. The van der Waals surface area contributed by atoms with Crippen LogP contribution in [0.4, 0.5) is 11.4 Å². The number of nitrogens with two attached hydrogens (primary N) is 1. The second-order valence-corrected chi connectivity index (χ2v) is 6.47. The van der Waals surface area contributed by atoms with Crippen LogP contribution in [0.25, 0.3) is 10.9 Å². The number of fused-ring (bicyclic) bond motifs is 1. The van der Waals surface area contributed by atoms with Gasteiger partial charge in [0.05, 0.1) is 23.1 Å². The molecule has 1 saturated heterocycles. The molecule has 0 radical (unpaired) electrons. The van der Waals surface area contributed by atoms with Crippen molar-refractivity contribution < 1.29 is 0 Å². The van der Waals surface area contributed by atoms with Gasteiger partial charge in [-0.1, -0.05) is 22.9 Å². The monoisotopic (exact) mass is 348 g/mol. The number of pyridine rings is 1. The number of nitrogen functional groups attached to an aromatic ring is 1. The third-order valence-corrected chi connectivity index (χ3v) is 4.55. The molecule has 4 nitrogen and oxygen atoms in total. The average Bonchev–Trinajstić information content (AvgIpc) is 2.48. The van der Waals surface area contributed by atoms with Crippen LogP contribution in [0.1, 0.15) is 13.3 Å². The fourth-order valence-electron chi connectivity index (χ4n) is 3.03. The SMILES string of the molecule is CCCN1CCN(c2c(N)cnc3ccc(Br)cc23)CC1. The van der Waals surface area contributed by atoms with Gasteiger partial charge in [-0.05, 0) is 31.2 Å². The molecule has 0 atom stereocenters. The lowest BCUT2D eigenvalue weighted by Gasteiger charge is -2.37. The fraction of sp³-hybridized carbons (Fsp3) is 0.438. The lowest BCUT2D eigenvalue weighted by molar-refractivity contribution is 0.259. The van der Waals surface area contributed by atoms with Crippen LogP contribution in [-0.2, 0) is 0 Å². The van der Waals surface area contributed by atoms with Crippen LogP contribution in [0.15, 0.2) is 28.9 Å². The molecule has 3 rings (SSSR count). The minimum absolute atomic E-state index is 0.768. The molecule has 21 heavy (non-hydrogen) atoms. The Bertz CT molecular complexity index is 630. The van der Waals surface area contributed by atoms with Crippen LogP contribution < -0.4 is 10.6 Å². The van der Waals surface area contributed by atoms with E-state index in [0.29, 0.717) is 0 Å². The molecular weight excluding hydrogens is 328 g/mol. The van der Waals surface area contributed by atoms with E-state index >= 15 is 0 Å². The van der Waals surface area contributed by atoms with E-state index in [9.17, 15) is 0 Å². The molecule has 0 saturated carbocycles. The summed E-state index contributed by atoms with van der Waals surface area (Å²) < 4.78 is 1.06. The van der Waals surface area contributed by atoms with Gasteiger partial charge in [-0.3, -0.25) is 9.88 Å². The summed E-state index contributed by atoms with van der Waals surface area (Å²) in [5.74, 6) is 0. The number of rotatable bonds is 3. The second-order valence-electron chi connectivity index (χ2n) is 5.55. The third kappa shape index (κ3) is 2.99. The predicted molar refractivity (Wildman–Crippen MR) is 92.8 cm³/mol. The van der Waals surface area contributed by atoms with Gasteiger partial charge < -0.3 is 10.6 Å². The summed E-state index contributed by atoms with van der Waals surface area (Å²) in [6, 6.07) is 6.18. The Morgan fingerprint density at radius 2 is 2.00 bits per heavy atom. The summed E-state index contributed by atoms with van der Waals surface area (Å²) >= 11 is 3.55. The Morgan fingerprint density at radius 3 is 2.71 bits per heavy atom. The first kappa shape index (κ1) is 14.6. The van der Waals surface area contributed by atoms with Crippen molar-refractivity contribution in [3.63, 3.8) is 0 Å². The molecule has 0 bridgehead atoms. The lowest BCUT2D eigenvalue weighted by Crippen LogP contribution is -2.46. The fourth-order valence-corrected chi connectivity index (χ4v) is 3.39. The van der Waals surface area contributed by atoms with E-state index in [0.717, 1.165) is 52.9 Å². The maximum absolute atomic E-state index is 6.23. The molecule has 1 aliphatic rings. The number of hydrogen-bond donors (Lipinski definition) is 1. The summed E-state index contributed by atoms with van der Waals surface area (Å²) in [5, 5.41) is 1.13. The van der Waals surface area contributed by atoms with Crippen molar-refractivity contribution >= 4 is 38.2 Å². The average molecular weight is 349 g/mol. The topological polar surface area (TPSA) is 45.4 Å². The normalized spacial score (nSPS) is 16.6. The lowest BCUT2D eigenvalue weighted by atomic mass is 10.1. The zero-order valence-electron chi connectivity index (χ0n) is 12.3. The van der Waals surface area contributed by atoms with Gasteiger partial charge in [-0.25, -0.2) is 0 Å². The van der Waals surface area contributed by atoms with Crippen molar-refractivity contribution in [2.24, 2.45) is 0 Å². The predicted octanol–water partition coefficient (Wildman–Crippen LogP) is 3.11. The van der Waals surface area contributed by atoms with Gasteiger partial charge in [0.1, 0.15) is 0 Å². The van der Waals surface area contributed by atoms with Gasteiger partial charge >= 0.3 is 0 Å². The van der Waals surface area contributed by atoms with Crippen LogP contribution >= 0.6 is 15.9 Å². The maximum atomic E-state index is 6.23. The van der Waals surface area contributed by atoms with Crippen molar-refractivity contribution in [2.75, 3.05) is 43.4 Å². The number of piperazine rings is 1. The molecule has 0 spiro atoms. The van der Waals surface area contributed by atoms with E-state index in [-0.39, 0.29) is 0 Å². The van der Waals surface area contributed by atoms with Crippen LogP contribution in [-0.4, -0.2) is 42.6 Å². The summed E-state index contributed by atoms with van der Waals surface area (Å²) in [6.45, 7) is 7.67. The summed E-state index contributed by atoms with van der Waals surface area (Å²) in [6.07, 6.45) is 3.00. The van der Waals surface area contributed by atoms with E-state index < -0.39 is 0 Å². The Morgan fingerprint density at radius 1 is 1.24 bits per heavy atom. The Hall–Kier alpha value is -1.33. The molecule has 1 aromatic heterocycles. The van der Waals surface area contributed by atoms with Gasteiger partial charge in [0.25, 0.3) is 0 Å². The highest BCUT2D eigenvalue weighted by atomic mass is 79.9. The molecule has 2 heterocycles. The molecule has 0 amide bonds. The molecule has 112 valence electrons. The van der Waals surface area contributed by atoms with Gasteiger partial charge in [0.2, 0.25) is 0 Å². The van der Waals surface area contributed by atoms with Crippen molar-refractivity contribution in [3.05, 3.63) is 28.9 Å². The third-order valence-electron chi connectivity index (χ3n) is 4.06. The van der Waals surface area contributed by atoms with Gasteiger partial charge in [0.15, 0.2) is 0 Å². The summed E-state index contributed by atoms with van der Waals surface area (Å²) in [4.78, 5) is 9.36. The van der Waals surface area contributed by atoms with Gasteiger partial charge in [0, 0.05) is 36.0 Å². The molecule has 1 aromatic carbocycles. The molecule has 0 aliphatic carbocycles. The van der Waals surface area contributed by atoms with Gasteiger partial charge in [-0.15, -0.1) is 0 Å². The van der Waals surface area contributed by atoms with Crippen LogP contribution in [0.5, 0.6) is 0 Å². The number of benzene rings is 1. The highest BCUT2D eigenvalue weighted by Crippen LogP contribution is 2.33. The van der Waals surface area contributed by atoms with Crippen LogP contribution in [0, 0.1) is 0 Å². The highest BCUT2D eigenvalue weighted by molar-refractivity contribution is 9.10. The molecule has 1 fully saturated rings. The van der Waals surface area contributed by atoms with Gasteiger partial charge in [-0.2, -0.15) is 0 Å². The van der Waals surface area contributed by atoms with Crippen molar-refractivity contribution in [2.45, 2.75) is 13.3 Å². The van der Waals surface area contributed by atoms with Crippen LogP contribution in [0.3, 0.4) is 0 Å². The van der Waals surface area contributed by atoms with Crippen molar-refractivity contribution in [3.8, 4) is 0 Å². The minimum atomic E-state index is 0.768. The minimum Gasteiger partial charge on any atom is -0.396 e. The Labute approximate surface area is 134 Å². The summed E-state index contributed by atoms with van der Waals surface area (Å²) in [7, 11) is 0. The van der Waals surface area contributed by atoms with Crippen LogP contribution in [0.2, 0.25) is 0 Å². The van der Waals surface area contributed by atoms with E-state index in [1.165, 1.54) is 13.0 Å². The standard InChI is InChI=1S/C16H21BrN4/c1-2-5-20-6-8-21(9-7-20)16-13-10-12(17)3-4-15(13)19-11-14(16)18/h3-4,10-11H,2,5-9,18H2,1H3. The Balaban J connectivity index is 1.93. The molecule has 1 aliphatic heterocycles.